The number of hydrogen-bond acceptors (Lipinski definition) is 4. The van der Waals surface area contributed by atoms with Gasteiger partial charge in [0.25, 0.3) is 5.91 Å². The van der Waals surface area contributed by atoms with Crippen LogP contribution in [0.25, 0.3) is 11.5 Å². The summed E-state index contributed by atoms with van der Waals surface area (Å²) >= 11 is 0. The highest BCUT2D eigenvalue weighted by atomic mass is 16.3. The second kappa shape index (κ2) is 8.89. The summed E-state index contributed by atoms with van der Waals surface area (Å²) in [5.74, 6) is 0.841. The largest absolute Gasteiger partial charge is 0.463 e. The van der Waals surface area contributed by atoms with Crippen molar-refractivity contribution >= 4 is 11.8 Å². The number of rotatable bonds is 6. The quantitative estimate of drug-likeness (QED) is 0.701. The zero-order chi connectivity index (χ0) is 22.0. The molecule has 168 valence electrons. The van der Waals surface area contributed by atoms with Gasteiger partial charge in [-0.3, -0.25) is 14.3 Å². The molecule has 7 heteroatoms. The van der Waals surface area contributed by atoms with E-state index in [0.29, 0.717) is 36.2 Å². The number of nitrogens with one attached hydrogen (secondary N) is 1. The summed E-state index contributed by atoms with van der Waals surface area (Å²) in [5, 5.41) is 7.89. The lowest BCUT2D eigenvalue weighted by molar-refractivity contribution is -0.134. The Bertz CT molecular complexity index is 909. The Morgan fingerprint density at radius 3 is 2.68 bits per heavy atom. The summed E-state index contributed by atoms with van der Waals surface area (Å²) < 4.78 is 7.15. The van der Waals surface area contributed by atoms with Gasteiger partial charge in [-0.25, -0.2) is 0 Å². The van der Waals surface area contributed by atoms with Crippen molar-refractivity contribution in [3.05, 3.63) is 30.2 Å². The van der Waals surface area contributed by atoms with Gasteiger partial charge in [0.15, 0.2) is 5.76 Å². The van der Waals surface area contributed by atoms with Crippen molar-refractivity contribution in [3.63, 3.8) is 0 Å². The van der Waals surface area contributed by atoms with Crippen LogP contribution in [-0.4, -0.2) is 44.6 Å². The first-order valence-electron chi connectivity index (χ1n) is 11.6. The molecule has 0 bridgehead atoms. The predicted molar refractivity (Wildman–Crippen MR) is 118 cm³/mol. The molecule has 4 rings (SSSR count). The van der Waals surface area contributed by atoms with E-state index in [4.69, 9.17) is 4.42 Å². The van der Waals surface area contributed by atoms with Crippen LogP contribution in [0.1, 0.15) is 76.2 Å². The molecule has 1 atom stereocenters. The lowest BCUT2D eigenvalue weighted by Gasteiger charge is -2.44. The third-order valence-electron chi connectivity index (χ3n) is 6.68. The average Bonchev–Trinajstić information content (AvgIpc) is 3.33. The van der Waals surface area contributed by atoms with Gasteiger partial charge in [0.1, 0.15) is 16.9 Å². The zero-order valence-corrected chi connectivity index (χ0v) is 18.9. The van der Waals surface area contributed by atoms with E-state index in [1.165, 1.54) is 12.8 Å². The topological polar surface area (TPSA) is 80.4 Å². The molecule has 2 amide bonds. The molecule has 1 N–H and O–H groups in total. The molecule has 1 aliphatic carbocycles. The van der Waals surface area contributed by atoms with E-state index in [1.54, 1.807) is 28.0 Å². The maximum Gasteiger partial charge on any atom is 0.273 e. The molecule has 0 aromatic carbocycles. The van der Waals surface area contributed by atoms with Crippen LogP contribution in [0.4, 0.5) is 0 Å². The molecule has 31 heavy (non-hydrogen) atoms. The molecule has 0 radical (unpaired) electrons. The number of carbonyl (C=O) groups is 2. The van der Waals surface area contributed by atoms with Crippen molar-refractivity contribution in [2.24, 2.45) is 5.92 Å². The summed E-state index contributed by atoms with van der Waals surface area (Å²) in [7, 11) is 0. The minimum absolute atomic E-state index is 0.0720. The molecule has 1 aliphatic heterocycles. The van der Waals surface area contributed by atoms with E-state index in [1.807, 2.05) is 13.0 Å². The van der Waals surface area contributed by atoms with Gasteiger partial charge in [0, 0.05) is 18.7 Å². The van der Waals surface area contributed by atoms with Gasteiger partial charge in [0.05, 0.1) is 12.8 Å². The van der Waals surface area contributed by atoms with E-state index in [9.17, 15) is 9.59 Å². The van der Waals surface area contributed by atoms with Crippen molar-refractivity contribution in [1.82, 2.24) is 20.0 Å². The third-order valence-corrected chi connectivity index (χ3v) is 6.68. The fourth-order valence-corrected chi connectivity index (χ4v) is 4.69. The predicted octanol–water partition coefficient (Wildman–Crippen LogP) is 4.24. The number of aromatic nitrogens is 2. The molecule has 1 unspecified atom stereocenters. The minimum Gasteiger partial charge on any atom is -0.463 e. The van der Waals surface area contributed by atoms with Crippen molar-refractivity contribution in [1.29, 1.82) is 0 Å². The summed E-state index contributed by atoms with van der Waals surface area (Å²) in [6.45, 7) is 7.04. The van der Waals surface area contributed by atoms with E-state index in [-0.39, 0.29) is 17.9 Å². The van der Waals surface area contributed by atoms with Crippen molar-refractivity contribution in [2.45, 2.75) is 83.8 Å². The summed E-state index contributed by atoms with van der Waals surface area (Å²) in [6.07, 6.45) is 9.21. The molecule has 2 aliphatic rings. The van der Waals surface area contributed by atoms with Crippen LogP contribution in [0.5, 0.6) is 0 Å². The molecule has 0 spiro atoms. The molecule has 0 saturated heterocycles. The maximum atomic E-state index is 13.6. The molecular formula is C24H34N4O3. The van der Waals surface area contributed by atoms with Gasteiger partial charge in [-0.2, -0.15) is 5.10 Å². The number of hydrogen-bond donors (Lipinski definition) is 1. The van der Waals surface area contributed by atoms with Crippen LogP contribution in [-0.2, 0) is 11.3 Å². The molecule has 7 nitrogen and oxygen atoms in total. The minimum atomic E-state index is -0.974. The van der Waals surface area contributed by atoms with Crippen molar-refractivity contribution < 1.29 is 14.0 Å². The zero-order valence-electron chi connectivity index (χ0n) is 18.9. The van der Waals surface area contributed by atoms with Crippen LogP contribution in [0.15, 0.2) is 28.9 Å². The fraction of sp³-hybridized carbons (Fsp3) is 0.625. The molecular weight excluding hydrogens is 392 g/mol. The highest BCUT2D eigenvalue weighted by Gasteiger charge is 2.48. The van der Waals surface area contributed by atoms with E-state index in [0.717, 1.165) is 32.1 Å². The summed E-state index contributed by atoms with van der Waals surface area (Å²) in [6, 6.07) is 5.58. The van der Waals surface area contributed by atoms with Gasteiger partial charge >= 0.3 is 0 Å². The standard InChI is InChI=1S/C24H34N4O3/c1-17(2)12-13-27-22(29)20-15-19(21-11-8-14-31-21)26-28(20)16-24(27,3)23(30)25-18-9-6-4-5-7-10-18/h8,11,14-15,17-18H,4-7,9-10,12-13,16H2,1-3H3,(H,25,30). The maximum absolute atomic E-state index is 13.6. The number of nitrogens with zero attached hydrogens (tertiary/aromatic N) is 3. The first-order chi connectivity index (χ1) is 14.9. The second-order valence-corrected chi connectivity index (χ2v) is 9.62. The van der Waals surface area contributed by atoms with E-state index in [2.05, 4.69) is 24.3 Å². The highest BCUT2D eigenvalue weighted by Crippen LogP contribution is 2.31. The normalized spacial score (nSPS) is 22.5. The van der Waals surface area contributed by atoms with Crippen LogP contribution in [0.2, 0.25) is 0 Å². The second-order valence-electron chi connectivity index (χ2n) is 9.62. The van der Waals surface area contributed by atoms with E-state index < -0.39 is 5.54 Å². The Balaban J connectivity index is 1.63. The Kier molecular flexibility index (Phi) is 6.21. The Morgan fingerprint density at radius 1 is 1.29 bits per heavy atom. The van der Waals surface area contributed by atoms with Gasteiger partial charge in [-0.1, -0.05) is 39.5 Å². The summed E-state index contributed by atoms with van der Waals surface area (Å²) in [5.41, 5.74) is 0.151. The van der Waals surface area contributed by atoms with E-state index >= 15 is 0 Å². The lowest BCUT2D eigenvalue weighted by Crippen LogP contribution is -2.65. The van der Waals surface area contributed by atoms with Crippen molar-refractivity contribution in [3.8, 4) is 11.5 Å². The van der Waals surface area contributed by atoms with Gasteiger partial charge in [-0.15, -0.1) is 0 Å². The Morgan fingerprint density at radius 2 is 2.03 bits per heavy atom. The van der Waals surface area contributed by atoms with Crippen LogP contribution in [0, 0.1) is 5.92 Å². The van der Waals surface area contributed by atoms with Crippen LogP contribution >= 0.6 is 0 Å². The number of carbonyl (C=O) groups excluding carboxylic acids is 2. The molecule has 1 saturated carbocycles. The molecule has 2 aromatic heterocycles. The monoisotopic (exact) mass is 426 g/mol. The first-order valence-corrected chi connectivity index (χ1v) is 11.6. The first kappa shape index (κ1) is 21.7. The van der Waals surface area contributed by atoms with Gasteiger partial charge in [0.2, 0.25) is 5.91 Å². The lowest BCUT2D eigenvalue weighted by atomic mass is 9.93. The number of furan rings is 1. The fourth-order valence-electron chi connectivity index (χ4n) is 4.69. The highest BCUT2D eigenvalue weighted by molar-refractivity contribution is 6.00. The van der Waals surface area contributed by atoms with Gasteiger partial charge in [-0.05, 0) is 44.2 Å². The third kappa shape index (κ3) is 4.41. The van der Waals surface area contributed by atoms with Gasteiger partial charge < -0.3 is 14.6 Å². The molecule has 3 heterocycles. The Labute approximate surface area is 184 Å². The molecule has 1 fully saturated rings. The Hall–Kier alpha value is -2.57. The smallest absolute Gasteiger partial charge is 0.273 e. The van der Waals surface area contributed by atoms with Crippen molar-refractivity contribution in [2.75, 3.05) is 6.54 Å². The number of fused-ring (bicyclic) bond motifs is 1. The van der Waals surface area contributed by atoms with Crippen LogP contribution < -0.4 is 5.32 Å². The number of amides is 2. The summed E-state index contributed by atoms with van der Waals surface area (Å²) in [4.78, 5) is 28.9. The van der Waals surface area contributed by atoms with Crippen LogP contribution in [0.3, 0.4) is 0 Å². The average molecular weight is 427 g/mol. The SMILES string of the molecule is CC(C)CCN1C(=O)c2cc(-c3ccco3)nn2CC1(C)C(=O)NC1CCCCCC1. The molecule has 2 aromatic rings.